The maximum absolute atomic E-state index is 13.0. The lowest BCUT2D eigenvalue weighted by atomic mass is 10.1. The molecule has 0 bridgehead atoms. The van der Waals surface area contributed by atoms with Crippen LogP contribution in [0, 0.1) is 0 Å². The van der Waals surface area contributed by atoms with Crippen LogP contribution in [-0.4, -0.2) is 25.8 Å². The normalized spacial score (nSPS) is 14.2. The van der Waals surface area contributed by atoms with E-state index >= 15 is 0 Å². The Hall–Kier alpha value is -1.51. The predicted octanol–water partition coefficient (Wildman–Crippen LogP) is 6.31. The fourth-order valence-corrected chi connectivity index (χ4v) is 13.3. The Morgan fingerprint density at radius 2 is 1.04 bits per heavy atom. The zero-order valence-corrected chi connectivity index (χ0v) is 21.1. The number of benzene rings is 2. The van der Waals surface area contributed by atoms with Crippen LogP contribution in [0.2, 0.25) is 26.2 Å². The maximum Gasteiger partial charge on any atom is 0.736 e. The standard InChI is InChI=1S/C22H34O3Si3/c1-7-21(19-15-11-9-12-16-19)27(3,4)24-26(23)25-28(5,6)22(8-2)20-17-13-10-14-18-20/h9-18,21-22H,7-8H2,1-6H3. The Morgan fingerprint density at radius 1 is 0.714 bits per heavy atom. The van der Waals surface area contributed by atoms with Crippen molar-refractivity contribution in [3.05, 3.63) is 71.8 Å². The molecule has 2 rings (SSSR count). The molecule has 0 aromatic heterocycles. The third kappa shape index (κ3) is 5.75. The third-order valence-electron chi connectivity index (χ3n) is 5.59. The van der Waals surface area contributed by atoms with Gasteiger partial charge in [-0.25, -0.2) is 0 Å². The van der Waals surface area contributed by atoms with Gasteiger partial charge >= 0.3 is 9.17 Å². The Labute approximate surface area is 174 Å². The van der Waals surface area contributed by atoms with Crippen molar-refractivity contribution in [2.45, 2.75) is 64.0 Å². The number of hydrogen-bond donors (Lipinski definition) is 0. The van der Waals surface area contributed by atoms with Gasteiger partial charge in [0.25, 0.3) is 0 Å². The van der Waals surface area contributed by atoms with Gasteiger partial charge < -0.3 is 8.23 Å². The lowest BCUT2D eigenvalue weighted by Gasteiger charge is -2.35. The highest BCUT2D eigenvalue weighted by Gasteiger charge is 2.42. The first-order valence-electron chi connectivity index (χ1n) is 10.2. The average molecular weight is 431 g/mol. The third-order valence-corrected chi connectivity index (χ3v) is 16.0. The Morgan fingerprint density at radius 3 is 1.32 bits per heavy atom. The highest BCUT2D eigenvalue weighted by Crippen LogP contribution is 2.33. The Bertz CT molecular complexity index is 685. The van der Waals surface area contributed by atoms with Crippen LogP contribution < -0.4 is 0 Å². The number of hydrogen-bond acceptors (Lipinski definition) is 3. The first-order valence-corrected chi connectivity index (χ1v) is 17.4. The fourth-order valence-electron chi connectivity index (χ4n) is 4.22. The van der Waals surface area contributed by atoms with Gasteiger partial charge in [-0.3, -0.25) is 4.46 Å². The Kier molecular flexibility index (Phi) is 7.97. The summed E-state index contributed by atoms with van der Waals surface area (Å²) in [6, 6.07) is 20.9. The van der Waals surface area contributed by atoms with Gasteiger partial charge in [0.15, 0.2) is 0 Å². The molecule has 2 aromatic carbocycles. The van der Waals surface area contributed by atoms with Gasteiger partial charge in [-0.1, -0.05) is 74.5 Å². The first-order chi connectivity index (χ1) is 13.2. The summed E-state index contributed by atoms with van der Waals surface area (Å²) in [5, 5.41) is 0. The molecule has 2 unspecified atom stereocenters. The highest BCUT2D eigenvalue weighted by molar-refractivity contribution is 6.80. The predicted molar refractivity (Wildman–Crippen MR) is 123 cm³/mol. The topological polar surface area (TPSA) is 35.5 Å². The summed E-state index contributed by atoms with van der Waals surface area (Å²) >= 11 is 0. The minimum Gasteiger partial charge on any atom is -0.551 e. The van der Waals surface area contributed by atoms with Crippen LogP contribution in [0.5, 0.6) is 0 Å². The fraction of sp³-hybridized carbons (Fsp3) is 0.455. The molecule has 2 aromatic rings. The average Bonchev–Trinajstić information content (AvgIpc) is 2.63. The van der Waals surface area contributed by atoms with Crippen molar-refractivity contribution >= 4 is 25.8 Å². The maximum atomic E-state index is 13.0. The second-order valence-electron chi connectivity index (χ2n) is 8.40. The Balaban J connectivity index is 2.12. The van der Waals surface area contributed by atoms with Crippen molar-refractivity contribution in [2.24, 2.45) is 0 Å². The minimum absolute atomic E-state index is 0.298. The summed E-state index contributed by atoms with van der Waals surface area (Å²) in [6.07, 6.45) is 1.95. The van der Waals surface area contributed by atoms with Crippen LogP contribution in [0.25, 0.3) is 0 Å². The van der Waals surface area contributed by atoms with Gasteiger partial charge in [0.1, 0.15) is 0 Å². The van der Waals surface area contributed by atoms with Gasteiger partial charge in [0.05, 0.1) is 0 Å². The SMILES string of the molecule is CCC(c1ccccc1)[Si](C)(C)O[Si](=O)O[Si](C)(C)C(CC)c1ccccc1. The van der Waals surface area contributed by atoms with E-state index in [1.54, 1.807) is 0 Å². The molecule has 28 heavy (non-hydrogen) atoms. The van der Waals surface area contributed by atoms with Crippen molar-refractivity contribution in [3.63, 3.8) is 0 Å². The van der Waals surface area contributed by atoms with E-state index in [1.165, 1.54) is 11.1 Å². The lowest BCUT2D eigenvalue weighted by molar-refractivity contribution is 0.329. The molecule has 0 aliphatic rings. The molecule has 0 saturated heterocycles. The molecule has 0 aliphatic carbocycles. The molecule has 0 N–H and O–H groups in total. The van der Waals surface area contributed by atoms with Crippen LogP contribution in [0.1, 0.15) is 48.9 Å². The zero-order valence-electron chi connectivity index (χ0n) is 18.1. The van der Waals surface area contributed by atoms with E-state index in [9.17, 15) is 4.46 Å². The molecule has 0 amide bonds. The molecule has 0 aliphatic heterocycles. The van der Waals surface area contributed by atoms with Gasteiger partial charge in [-0.2, -0.15) is 0 Å². The molecule has 0 spiro atoms. The molecule has 0 radical (unpaired) electrons. The molecule has 152 valence electrons. The van der Waals surface area contributed by atoms with E-state index in [0.29, 0.717) is 11.1 Å². The molecular formula is C22H34O3Si3. The molecular weight excluding hydrogens is 396 g/mol. The van der Waals surface area contributed by atoms with E-state index in [2.05, 4.69) is 88.6 Å². The van der Waals surface area contributed by atoms with E-state index in [1.807, 2.05) is 12.1 Å². The van der Waals surface area contributed by atoms with Crippen LogP contribution in [-0.2, 0) is 12.7 Å². The van der Waals surface area contributed by atoms with Crippen molar-refractivity contribution in [1.82, 2.24) is 0 Å². The molecule has 0 heterocycles. The second kappa shape index (κ2) is 9.80. The van der Waals surface area contributed by atoms with E-state index in [-0.39, 0.29) is 0 Å². The van der Waals surface area contributed by atoms with Crippen LogP contribution in [0.4, 0.5) is 0 Å². The van der Waals surface area contributed by atoms with Crippen LogP contribution in [0.15, 0.2) is 60.7 Å². The van der Waals surface area contributed by atoms with Crippen molar-refractivity contribution in [1.29, 1.82) is 0 Å². The highest BCUT2D eigenvalue weighted by atomic mass is 28.4. The van der Waals surface area contributed by atoms with E-state index in [0.717, 1.165) is 12.8 Å². The summed E-state index contributed by atoms with van der Waals surface area (Å²) in [7, 11) is -7.01. The lowest BCUT2D eigenvalue weighted by Crippen LogP contribution is -2.47. The van der Waals surface area contributed by atoms with Crippen molar-refractivity contribution < 1.29 is 12.7 Å². The largest absolute Gasteiger partial charge is 0.736 e. The molecule has 3 nitrogen and oxygen atoms in total. The van der Waals surface area contributed by atoms with E-state index in [4.69, 9.17) is 8.23 Å². The summed E-state index contributed by atoms with van der Waals surface area (Å²) in [4.78, 5) is 0. The second-order valence-corrected chi connectivity index (χ2v) is 18.3. The van der Waals surface area contributed by atoms with E-state index < -0.39 is 25.8 Å². The van der Waals surface area contributed by atoms with Gasteiger partial charge in [0.2, 0.25) is 16.6 Å². The molecule has 2 atom stereocenters. The van der Waals surface area contributed by atoms with Crippen LogP contribution >= 0.6 is 0 Å². The van der Waals surface area contributed by atoms with Crippen LogP contribution in [0.3, 0.4) is 0 Å². The summed E-state index contributed by atoms with van der Waals surface area (Å²) < 4.78 is 25.4. The quantitative estimate of drug-likeness (QED) is 0.414. The van der Waals surface area contributed by atoms with Gasteiger partial charge in [0, 0.05) is 11.1 Å². The van der Waals surface area contributed by atoms with Crippen molar-refractivity contribution in [3.8, 4) is 0 Å². The minimum atomic E-state index is -2.55. The van der Waals surface area contributed by atoms with Crippen molar-refractivity contribution in [2.75, 3.05) is 0 Å². The molecule has 6 heteroatoms. The summed E-state index contributed by atoms with van der Waals surface area (Å²) in [6.45, 7) is 13.0. The summed E-state index contributed by atoms with van der Waals surface area (Å²) in [5.74, 6) is 0. The monoisotopic (exact) mass is 430 g/mol. The van der Waals surface area contributed by atoms with Gasteiger partial charge in [-0.05, 0) is 50.2 Å². The zero-order chi connectivity index (χ0) is 20.8. The first kappa shape index (κ1) is 22.8. The smallest absolute Gasteiger partial charge is 0.551 e. The molecule has 0 saturated carbocycles. The summed E-state index contributed by atoms with van der Waals surface area (Å²) in [5.41, 5.74) is 3.13. The van der Waals surface area contributed by atoms with Gasteiger partial charge in [-0.15, -0.1) is 0 Å². The number of rotatable bonds is 10. The molecule has 0 fully saturated rings.